The molecular weight excluding hydrogens is 214 g/mol. The second kappa shape index (κ2) is 5.72. The number of β-amino-alcohol motifs (C(OH)–C–C–N with tert-alkyl or cyclic N) is 1. The maximum atomic E-state index is 11.6. The number of hydrogen-bond acceptors (Lipinski definition) is 4. The van der Waals surface area contributed by atoms with Crippen LogP contribution in [0, 0.1) is 0 Å². The summed E-state index contributed by atoms with van der Waals surface area (Å²) in [6.07, 6.45) is 0.682. The number of hydrogen-bond donors (Lipinski definition) is 1. The smallest absolute Gasteiger partial charge is 0.232 e. The molecular formula is C10H19NO3S. The third-order valence-electron chi connectivity index (χ3n) is 2.46. The molecule has 1 amide bonds. The van der Waals surface area contributed by atoms with E-state index < -0.39 is 5.60 Å². The molecule has 0 saturated carbocycles. The molecule has 1 aliphatic heterocycles. The van der Waals surface area contributed by atoms with Crippen molar-refractivity contribution in [2.24, 2.45) is 0 Å². The van der Waals surface area contributed by atoms with Gasteiger partial charge in [0.15, 0.2) is 0 Å². The molecule has 0 spiro atoms. The summed E-state index contributed by atoms with van der Waals surface area (Å²) in [5.41, 5.74) is -0.688. The number of amides is 1. The summed E-state index contributed by atoms with van der Waals surface area (Å²) in [5, 5.41) is 9.70. The third kappa shape index (κ3) is 4.40. The monoisotopic (exact) mass is 233 g/mol. The first-order valence-electron chi connectivity index (χ1n) is 5.12. The Bertz CT molecular complexity index is 221. The van der Waals surface area contributed by atoms with Gasteiger partial charge in [0.1, 0.15) is 0 Å². The fourth-order valence-electron chi connectivity index (χ4n) is 1.55. The Morgan fingerprint density at radius 2 is 2.40 bits per heavy atom. The standard InChI is InChI=1S/C10H19NO3S/c1-10(13)3-4-11(8-10)9(12)7-15-6-5-14-2/h13H,3-8H2,1-2H3. The average Bonchev–Trinajstić information content (AvgIpc) is 2.53. The minimum Gasteiger partial charge on any atom is -0.388 e. The molecule has 1 aliphatic rings. The molecule has 0 bridgehead atoms. The van der Waals surface area contributed by atoms with E-state index in [1.165, 1.54) is 0 Å². The van der Waals surface area contributed by atoms with Crippen LogP contribution in [0.2, 0.25) is 0 Å². The number of methoxy groups -OCH3 is 1. The fourth-order valence-corrected chi connectivity index (χ4v) is 2.34. The lowest BCUT2D eigenvalue weighted by Crippen LogP contribution is -2.34. The van der Waals surface area contributed by atoms with Crippen molar-refractivity contribution >= 4 is 17.7 Å². The molecule has 1 unspecified atom stereocenters. The van der Waals surface area contributed by atoms with E-state index in [-0.39, 0.29) is 5.91 Å². The van der Waals surface area contributed by atoms with Gasteiger partial charge in [0.05, 0.1) is 18.0 Å². The lowest BCUT2D eigenvalue weighted by Gasteiger charge is -2.18. The molecule has 1 heterocycles. The van der Waals surface area contributed by atoms with Crippen molar-refractivity contribution < 1.29 is 14.6 Å². The highest BCUT2D eigenvalue weighted by atomic mass is 32.2. The van der Waals surface area contributed by atoms with E-state index in [0.717, 1.165) is 5.75 Å². The van der Waals surface area contributed by atoms with Crippen molar-refractivity contribution in [3.8, 4) is 0 Å². The van der Waals surface area contributed by atoms with Crippen LogP contribution < -0.4 is 0 Å². The van der Waals surface area contributed by atoms with Gasteiger partial charge >= 0.3 is 0 Å². The molecule has 1 N–H and O–H groups in total. The minimum absolute atomic E-state index is 0.119. The van der Waals surface area contributed by atoms with Gasteiger partial charge in [-0.05, 0) is 13.3 Å². The first-order chi connectivity index (χ1) is 7.05. The van der Waals surface area contributed by atoms with Gasteiger partial charge in [0, 0.05) is 26.0 Å². The third-order valence-corrected chi connectivity index (χ3v) is 3.37. The summed E-state index contributed by atoms with van der Waals surface area (Å²) in [4.78, 5) is 13.4. The van der Waals surface area contributed by atoms with Crippen LogP contribution in [-0.2, 0) is 9.53 Å². The van der Waals surface area contributed by atoms with E-state index in [4.69, 9.17) is 4.74 Å². The van der Waals surface area contributed by atoms with Gasteiger partial charge in [-0.15, -0.1) is 11.8 Å². The number of aliphatic hydroxyl groups is 1. The summed E-state index contributed by atoms with van der Waals surface area (Å²) < 4.78 is 4.90. The predicted molar refractivity (Wildman–Crippen MR) is 61.0 cm³/mol. The minimum atomic E-state index is -0.688. The zero-order valence-electron chi connectivity index (χ0n) is 9.36. The van der Waals surface area contributed by atoms with Gasteiger partial charge in [-0.25, -0.2) is 0 Å². The summed E-state index contributed by atoms with van der Waals surface area (Å²) in [7, 11) is 1.65. The van der Waals surface area contributed by atoms with Crippen molar-refractivity contribution in [1.29, 1.82) is 0 Å². The van der Waals surface area contributed by atoms with Crippen LogP contribution in [0.3, 0.4) is 0 Å². The zero-order chi connectivity index (χ0) is 11.3. The van der Waals surface area contributed by atoms with Crippen LogP contribution in [0.5, 0.6) is 0 Å². The van der Waals surface area contributed by atoms with Gasteiger partial charge in [0.2, 0.25) is 5.91 Å². The lowest BCUT2D eigenvalue weighted by atomic mass is 10.1. The van der Waals surface area contributed by atoms with Gasteiger partial charge in [-0.2, -0.15) is 0 Å². The Hall–Kier alpha value is -0.260. The van der Waals surface area contributed by atoms with Gasteiger partial charge in [-0.1, -0.05) is 0 Å². The van der Waals surface area contributed by atoms with Crippen LogP contribution in [0.4, 0.5) is 0 Å². The molecule has 0 radical (unpaired) electrons. The van der Waals surface area contributed by atoms with Crippen molar-refractivity contribution in [3.63, 3.8) is 0 Å². The van der Waals surface area contributed by atoms with Crippen molar-refractivity contribution in [2.75, 3.05) is 38.3 Å². The zero-order valence-corrected chi connectivity index (χ0v) is 10.2. The Kier molecular flexibility index (Phi) is 4.89. The van der Waals surface area contributed by atoms with Crippen molar-refractivity contribution in [3.05, 3.63) is 0 Å². The van der Waals surface area contributed by atoms with Gasteiger partial charge in [-0.3, -0.25) is 4.79 Å². The maximum absolute atomic E-state index is 11.6. The Morgan fingerprint density at radius 1 is 1.67 bits per heavy atom. The summed E-state index contributed by atoms with van der Waals surface area (Å²) >= 11 is 1.58. The van der Waals surface area contributed by atoms with Crippen LogP contribution in [-0.4, -0.2) is 59.8 Å². The molecule has 5 heteroatoms. The number of likely N-dealkylation sites (tertiary alicyclic amines) is 1. The highest BCUT2D eigenvalue weighted by molar-refractivity contribution is 7.99. The molecule has 88 valence electrons. The molecule has 1 saturated heterocycles. The molecule has 0 aliphatic carbocycles. The molecule has 0 aromatic carbocycles. The first-order valence-corrected chi connectivity index (χ1v) is 6.27. The molecule has 0 aromatic heterocycles. The lowest BCUT2D eigenvalue weighted by molar-refractivity contribution is -0.128. The van der Waals surface area contributed by atoms with E-state index in [1.54, 1.807) is 30.7 Å². The molecule has 15 heavy (non-hydrogen) atoms. The quantitative estimate of drug-likeness (QED) is 0.696. The molecule has 1 rings (SSSR count). The normalized spacial score (nSPS) is 25.9. The number of thioether (sulfide) groups is 1. The SMILES string of the molecule is COCCSCC(=O)N1CCC(C)(O)C1. The van der Waals surface area contributed by atoms with E-state index in [2.05, 4.69) is 0 Å². The first kappa shape index (κ1) is 12.8. The Balaban J connectivity index is 2.18. The Labute approximate surface area is 95.0 Å². The number of ether oxygens (including phenoxy) is 1. The van der Waals surface area contributed by atoms with Crippen LogP contribution >= 0.6 is 11.8 Å². The van der Waals surface area contributed by atoms with E-state index in [1.807, 2.05) is 0 Å². The van der Waals surface area contributed by atoms with Crippen LogP contribution in [0.1, 0.15) is 13.3 Å². The average molecular weight is 233 g/mol. The molecule has 1 atom stereocenters. The van der Waals surface area contributed by atoms with E-state index in [0.29, 0.717) is 31.9 Å². The summed E-state index contributed by atoms with van der Waals surface area (Å²) in [6.45, 7) is 3.60. The van der Waals surface area contributed by atoms with E-state index in [9.17, 15) is 9.90 Å². The second-order valence-electron chi connectivity index (χ2n) is 4.11. The number of nitrogens with zero attached hydrogens (tertiary/aromatic N) is 1. The molecule has 4 nitrogen and oxygen atoms in total. The highest BCUT2D eigenvalue weighted by Gasteiger charge is 2.33. The van der Waals surface area contributed by atoms with Crippen molar-refractivity contribution in [1.82, 2.24) is 4.90 Å². The Morgan fingerprint density at radius 3 is 2.93 bits per heavy atom. The summed E-state index contributed by atoms with van der Waals surface area (Å²) in [6, 6.07) is 0. The van der Waals surface area contributed by atoms with Crippen molar-refractivity contribution in [2.45, 2.75) is 18.9 Å². The topological polar surface area (TPSA) is 49.8 Å². The molecule has 0 aromatic rings. The highest BCUT2D eigenvalue weighted by Crippen LogP contribution is 2.20. The van der Waals surface area contributed by atoms with Gasteiger partial charge in [0.25, 0.3) is 0 Å². The number of carbonyl (C=O) groups excluding carboxylic acids is 1. The van der Waals surface area contributed by atoms with Gasteiger partial charge < -0.3 is 14.7 Å². The second-order valence-corrected chi connectivity index (χ2v) is 5.21. The van der Waals surface area contributed by atoms with E-state index >= 15 is 0 Å². The molecule has 1 fully saturated rings. The number of carbonyl (C=O) groups is 1. The largest absolute Gasteiger partial charge is 0.388 e. The number of rotatable bonds is 5. The summed E-state index contributed by atoms with van der Waals surface area (Å²) in [5.74, 6) is 1.44. The predicted octanol–water partition coefficient (Wildman–Crippen LogP) is 0.349. The van der Waals surface area contributed by atoms with Crippen LogP contribution in [0.25, 0.3) is 0 Å². The van der Waals surface area contributed by atoms with Crippen LogP contribution in [0.15, 0.2) is 0 Å². The fraction of sp³-hybridized carbons (Fsp3) is 0.900. The maximum Gasteiger partial charge on any atom is 0.232 e.